The Morgan fingerprint density at radius 1 is 1.33 bits per heavy atom. The summed E-state index contributed by atoms with van der Waals surface area (Å²) in [5, 5.41) is 2.69. The molecule has 0 saturated heterocycles. The van der Waals surface area contributed by atoms with E-state index in [-0.39, 0.29) is 35.8 Å². The second-order valence-corrected chi connectivity index (χ2v) is 3.29. The summed E-state index contributed by atoms with van der Waals surface area (Å²) < 4.78 is 5.00. The van der Waals surface area contributed by atoms with E-state index in [2.05, 4.69) is 10.3 Å². The molecule has 1 aromatic rings. The first-order valence-corrected chi connectivity index (χ1v) is 5.11. The number of aliphatic imine (C=N–C) groups is 1. The number of guanidine groups is 1. The van der Waals surface area contributed by atoms with Gasteiger partial charge in [-0.25, -0.2) is 0 Å². The van der Waals surface area contributed by atoms with Gasteiger partial charge in [-0.2, -0.15) is 0 Å². The number of methoxy groups -OCH3 is 1. The minimum atomic E-state index is -0.168. The fourth-order valence-corrected chi connectivity index (χ4v) is 1.20. The predicted octanol–water partition coefficient (Wildman–Crippen LogP) is 0.316. The zero-order chi connectivity index (χ0) is 12.7. The maximum atomic E-state index is 11.6. The van der Waals surface area contributed by atoms with Gasteiger partial charge in [-0.05, 0) is 24.3 Å². The lowest BCUT2D eigenvalue weighted by molar-refractivity contribution is 0.0955. The van der Waals surface area contributed by atoms with Crippen LogP contribution in [0.2, 0.25) is 0 Å². The van der Waals surface area contributed by atoms with E-state index in [0.29, 0.717) is 24.4 Å². The summed E-state index contributed by atoms with van der Waals surface area (Å²) in [5.74, 6) is 0.559. The highest BCUT2D eigenvalue weighted by molar-refractivity contribution is 14.0. The van der Waals surface area contributed by atoms with Crippen molar-refractivity contribution in [3.05, 3.63) is 29.8 Å². The number of carbonyl (C=O) groups excluding carboxylic acids is 1. The number of amides is 1. The van der Waals surface area contributed by atoms with Gasteiger partial charge in [0, 0.05) is 12.1 Å². The molecule has 0 radical (unpaired) electrons. The zero-order valence-corrected chi connectivity index (χ0v) is 12.4. The van der Waals surface area contributed by atoms with Crippen molar-refractivity contribution in [2.75, 3.05) is 20.2 Å². The fourth-order valence-electron chi connectivity index (χ4n) is 1.20. The van der Waals surface area contributed by atoms with Gasteiger partial charge in [0.25, 0.3) is 5.91 Å². The van der Waals surface area contributed by atoms with Crippen molar-refractivity contribution >= 4 is 35.8 Å². The molecule has 18 heavy (non-hydrogen) atoms. The Bertz CT molecular complexity index is 402. The normalized spacial score (nSPS) is 8.94. The second-order valence-electron chi connectivity index (χ2n) is 3.29. The summed E-state index contributed by atoms with van der Waals surface area (Å²) in [4.78, 5) is 15.4. The van der Waals surface area contributed by atoms with E-state index in [4.69, 9.17) is 16.2 Å². The highest BCUT2D eigenvalue weighted by Crippen LogP contribution is 2.10. The van der Waals surface area contributed by atoms with Crippen LogP contribution in [0.1, 0.15) is 10.4 Å². The van der Waals surface area contributed by atoms with E-state index in [0.717, 1.165) is 0 Å². The lowest BCUT2D eigenvalue weighted by Crippen LogP contribution is -2.28. The van der Waals surface area contributed by atoms with Crippen LogP contribution in [0.4, 0.5) is 0 Å². The Morgan fingerprint density at radius 2 is 1.94 bits per heavy atom. The topological polar surface area (TPSA) is 103 Å². The number of halogens is 1. The molecule has 5 N–H and O–H groups in total. The molecule has 0 aliphatic carbocycles. The standard InChI is InChI=1S/C11H16N4O2.HI/c1-17-9-4-2-8(3-5-9)10(16)14-6-7-15-11(12)13;/h2-5H,6-7H2,1H3,(H,14,16)(H4,12,13,15);1H. The van der Waals surface area contributed by atoms with Crippen LogP contribution in [0, 0.1) is 0 Å². The average Bonchev–Trinajstić information content (AvgIpc) is 2.34. The third-order valence-corrected chi connectivity index (χ3v) is 2.04. The first kappa shape index (κ1) is 16.5. The number of benzene rings is 1. The van der Waals surface area contributed by atoms with Crippen molar-refractivity contribution in [1.82, 2.24) is 5.32 Å². The smallest absolute Gasteiger partial charge is 0.251 e. The van der Waals surface area contributed by atoms with Gasteiger partial charge < -0.3 is 21.5 Å². The van der Waals surface area contributed by atoms with Crippen molar-refractivity contribution in [3.8, 4) is 5.75 Å². The predicted molar refractivity (Wildman–Crippen MR) is 81.4 cm³/mol. The quantitative estimate of drug-likeness (QED) is 0.303. The molecule has 0 bridgehead atoms. The van der Waals surface area contributed by atoms with Gasteiger partial charge in [0.05, 0.1) is 13.7 Å². The summed E-state index contributed by atoms with van der Waals surface area (Å²) in [7, 11) is 1.57. The van der Waals surface area contributed by atoms with Crippen LogP contribution in [0.5, 0.6) is 5.75 Å². The van der Waals surface area contributed by atoms with Crippen LogP contribution >= 0.6 is 24.0 Å². The number of nitrogens with one attached hydrogen (secondary N) is 1. The molecular weight excluding hydrogens is 347 g/mol. The summed E-state index contributed by atoms with van der Waals surface area (Å²) in [6.45, 7) is 0.757. The minimum absolute atomic E-state index is 0. The Kier molecular flexibility index (Phi) is 7.84. The fraction of sp³-hybridized carbons (Fsp3) is 0.273. The third kappa shape index (κ3) is 5.71. The van der Waals surface area contributed by atoms with Crippen molar-refractivity contribution in [1.29, 1.82) is 0 Å². The van der Waals surface area contributed by atoms with Crippen LogP contribution in [-0.4, -0.2) is 32.1 Å². The molecule has 0 heterocycles. The Hall–Kier alpha value is -1.51. The van der Waals surface area contributed by atoms with Crippen molar-refractivity contribution < 1.29 is 9.53 Å². The lowest BCUT2D eigenvalue weighted by atomic mass is 10.2. The molecule has 0 unspecified atom stereocenters. The number of hydrogen-bond acceptors (Lipinski definition) is 3. The summed E-state index contributed by atoms with van der Waals surface area (Å²) in [5.41, 5.74) is 10.9. The molecular formula is C11H17IN4O2. The van der Waals surface area contributed by atoms with E-state index in [1.165, 1.54) is 0 Å². The van der Waals surface area contributed by atoms with Crippen LogP contribution in [0.15, 0.2) is 29.3 Å². The Balaban J connectivity index is 0.00000289. The Labute approximate surface area is 123 Å². The number of nitrogens with two attached hydrogens (primary N) is 2. The second kappa shape index (κ2) is 8.56. The van der Waals surface area contributed by atoms with Gasteiger partial charge in [0.1, 0.15) is 5.75 Å². The molecule has 0 atom stereocenters. The molecule has 0 spiro atoms. The number of carbonyl (C=O) groups is 1. The summed E-state index contributed by atoms with van der Waals surface area (Å²) in [6.07, 6.45) is 0. The van der Waals surface area contributed by atoms with E-state index in [1.54, 1.807) is 31.4 Å². The first-order valence-electron chi connectivity index (χ1n) is 5.11. The molecule has 0 saturated carbocycles. The highest BCUT2D eigenvalue weighted by Gasteiger charge is 2.03. The maximum absolute atomic E-state index is 11.6. The lowest BCUT2D eigenvalue weighted by Gasteiger charge is -2.04. The average molecular weight is 364 g/mol. The third-order valence-electron chi connectivity index (χ3n) is 2.04. The molecule has 1 aromatic carbocycles. The van der Waals surface area contributed by atoms with Crippen molar-refractivity contribution in [2.45, 2.75) is 0 Å². The highest BCUT2D eigenvalue weighted by atomic mass is 127. The monoisotopic (exact) mass is 364 g/mol. The van der Waals surface area contributed by atoms with Crippen molar-refractivity contribution in [2.24, 2.45) is 16.5 Å². The van der Waals surface area contributed by atoms with Gasteiger partial charge >= 0.3 is 0 Å². The molecule has 7 heteroatoms. The van der Waals surface area contributed by atoms with Crippen LogP contribution in [0.3, 0.4) is 0 Å². The molecule has 0 fully saturated rings. The number of hydrogen-bond donors (Lipinski definition) is 3. The van der Waals surface area contributed by atoms with E-state index in [1.807, 2.05) is 0 Å². The molecule has 0 aliphatic rings. The SMILES string of the molecule is COc1ccc(C(=O)NCCN=C(N)N)cc1.I. The van der Waals surface area contributed by atoms with Gasteiger partial charge in [-0.3, -0.25) is 9.79 Å². The first-order chi connectivity index (χ1) is 8.13. The molecule has 0 aliphatic heterocycles. The van der Waals surface area contributed by atoms with Gasteiger partial charge in [-0.1, -0.05) is 0 Å². The summed E-state index contributed by atoms with van der Waals surface area (Å²) >= 11 is 0. The van der Waals surface area contributed by atoms with Crippen LogP contribution < -0.4 is 21.5 Å². The molecule has 6 nitrogen and oxygen atoms in total. The summed E-state index contributed by atoms with van der Waals surface area (Å²) in [6, 6.07) is 6.83. The number of nitrogens with zero attached hydrogens (tertiary/aromatic N) is 1. The number of rotatable bonds is 5. The number of ether oxygens (including phenoxy) is 1. The maximum Gasteiger partial charge on any atom is 0.251 e. The van der Waals surface area contributed by atoms with E-state index in [9.17, 15) is 4.79 Å². The minimum Gasteiger partial charge on any atom is -0.497 e. The zero-order valence-electron chi connectivity index (χ0n) is 10.1. The van der Waals surface area contributed by atoms with E-state index >= 15 is 0 Å². The Morgan fingerprint density at radius 3 is 2.44 bits per heavy atom. The molecule has 100 valence electrons. The van der Waals surface area contributed by atoms with Crippen molar-refractivity contribution in [3.63, 3.8) is 0 Å². The van der Waals surface area contributed by atoms with Gasteiger partial charge in [0.2, 0.25) is 0 Å². The van der Waals surface area contributed by atoms with Gasteiger partial charge in [0.15, 0.2) is 5.96 Å². The largest absolute Gasteiger partial charge is 0.497 e. The molecule has 1 rings (SSSR count). The molecule has 0 aromatic heterocycles. The molecule has 1 amide bonds. The van der Waals surface area contributed by atoms with Gasteiger partial charge in [-0.15, -0.1) is 24.0 Å². The van der Waals surface area contributed by atoms with Crippen LogP contribution in [-0.2, 0) is 0 Å². The van der Waals surface area contributed by atoms with E-state index < -0.39 is 0 Å². The van der Waals surface area contributed by atoms with Crippen LogP contribution in [0.25, 0.3) is 0 Å².